The second kappa shape index (κ2) is 5.02. The first-order valence-corrected chi connectivity index (χ1v) is 4.79. The lowest BCUT2D eigenvalue weighted by molar-refractivity contribution is -0.123. The molecule has 74 valence electrons. The van der Waals surface area contributed by atoms with Crippen LogP contribution >= 0.6 is 0 Å². The smallest absolute Gasteiger partial charge is 0.226 e. The molecule has 0 aliphatic heterocycles. The third-order valence-electron chi connectivity index (χ3n) is 2.21. The van der Waals surface area contributed by atoms with Crippen molar-refractivity contribution in [3.05, 3.63) is 12.2 Å². The molecular weight excluding hydrogens is 164 g/mol. The number of likely N-dealkylation sites (N-methyl/N-ethyl adjacent to an activating group) is 1. The zero-order chi connectivity index (χ0) is 9.68. The molecule has 0 spiro atoms. The largest absolute Gasteiger partial charge is 0.354 e. The van der Waals surface area contributed by atoms with E-state index in [9.17, 15) is 4.79 Å². The maximum absolute atomic E-state index is 11.4. The molecule has 13 heavy (non-hydrogen) atoms. The van der Waals surface area contributed by atoms with Gasteiger partial charge in [0, 0.05) is 13.1 Å². The van der Waals surface area contributed by atoms with E-state index in [4.69, 9.17) is 0 Å². The molecule has 0 radical (unpaired) electrons. The SMILES string of the molecule is CN(C)CCNC(=O)[C@H]1C=CCC1. The Hall–Kier alpha value is -0.830. The highest BCUT2D eigenvalue weighted by Crippen LogP contribution is 2.16. The molecule has 1 aliphatic carbocycles. The van der Waals surface area contributed by atoms with Gasteiger partial charge in [0.15, 0.2) is 0 Å². The number of nitrogens with one attached hydrogen (secondary N) is 1. The lowest BCUT2D eigenvalue weighted by Gasteiger charge is -2.12. The highest BCUT2D eigenvalue weighted by Gasteiger charge is 2.16. The molecule has 1 atom stereocenters. The normalized spacial score (nSPS) is 21.0. The number of hydrogen-bond acceptors (Lipinski definition) is 2. The summed E-state index contributed by atoms with van der Waals surface area (Å²) < 4.78 is 0. The van der Waals surface area contributed by atoms with E-state index < -0.39 is 0 Å². The third-order valence-corrected chi connectivity index (χ3v) is 2.21. The van der Waals surface area contributed by atoms with Gasteiger partial charge in [0.25, 0.3) is 0 Å². The van der Waals surface area contributed by atoms with Crippen molar-refractivity contribution >= 4 is 5.91 Å². The van der Waals surface area contributed by atoms with Crippen LogP contribution in [0.3, 0.4) is 0 Å². The Morgan fingerprint density at radius 3 is 2.92 bits per heavy atom. The van der Waals surface area contributed by atoms with Crippen molar-refractivity contribution in [2.75, 3.05) is 27.2 Å². The van der Waals surface area contributed by atoms with Crippen molar-refractivity contribution in [3.63, 3.8) is 0 Å². The van der Waals surface area contributed by atoms with Crippen LogP contribution in [0, 0.1) is 5.92 Å². The summed E-state index contributed by atoms with van der Waals surface area (Å²) in [5.74, 6) is 0.303. The van der Waals surface area contributed by atoms with E-state index in [0.29, 0.717) is 0 Å². The minimum atomic E-state index is 0.127. The molecule has 0 aromatic rings. The Morgan fingerprint density at radius 2 is 2.38 bits per heavy atom. The quantitative estimate of drug-likeness (QED) is 0.647. The van der Waals surface area contributed by atoms with E-state index in [2.05, 4.69) is 16.3 Å². The fourth-order valence-corrected chi connectivity index (χ4v) is 1.38. The van der Waals surface area contributed by atoms with Gasteiger partial charge in [-0.3, -0.25) is 4.79 Å². The van der Waals surface area contributed by atoms with Crippen molar-refractivity contribution in [3.8, 4) is 0 Å². The van der Waals surface area contributed by atoms with Gasteiger partial charge in [0.2, 0.25) is 5.91 Å². The van der Waals surface area contributed by atoms with Crippen molar-refractivity contribution in [2.45, 2.75) is 12.8 Å². The standard InChI is InChI=1S/C10H18N2O/c1-12(2)8-7-11-10(13)9-5-3-4-6-9/h3,5,9H,4,6-8H2,1-2H3,(H,11,13)/t9-/m0/s1. The number of allylic oxidation sites excluding steroid dienone is 1. The predicted octanol–water partition coefficient (Wildman–Crippen LogP) is 0.630. The van der Waals surface area contributed by atoms with Crippen molar-refractivity contribution in [2.24, 2.45) is 5.92 Å². The van der Waals surface area contributed by atoms with Crippen molar-refractivity contribution in [1.29, 1.82) is 0 Å². The van der Waals surface area contributed by atoms with Gasteiger partial charge in [-0.15, -0.1) is 0 Å². The minimum Gasteiger partial charge on any atom is -0.354 e. The molecule has 0 saturated heterocycles. The van der Waals surface area contributed by atoms with Gasteiger partial charge in [-0.1, -0.05) is 12.2 Å². The number of amides is 1. The fraction of sp³-hybridized carbons (Fsp3) is 0.700. The van der Waals surface area contributed by atoms with Gasteiger partial charge >= 0.3 is 0 Å². The van der Waals surface area contributed by atoms with E-state index in [-0.39, 0.29) is 11.8 Å². The number of rotatable bonds is 4. The molecule has 0 unspecified atom stereocenters. The fourth-order valence-electron chi connectivity index (χ4n) is 1.38. The topological polar surface area (TPSA) is 32.3 Å². The maximum Gasteiger partial charge on any atom is 0.226 e. The van der Waals surface area contributed by atoms with E-state index in [1.54, 1.807) is 0 Å². The van der Waals surface area contributed by atoms with Crippen LogP contribution in [0.4, 0.5) is 0 Å². The van der Waals surface area contributed by atoms with E-state index >= 15 is 0 Å². The zero-order valence-electron chi connectivity index (χ0n) is 8.42. The summed E-state index contributed by atoms with van der Waals surface area (Å²) in [5.41, 5.74) is 0. The summed E-state index contributed by atoms with van der Waals surface area (Å²) in [5, 5.41) is 2.92. The molecule has 3 nitrogen and oxygen atoms in total. The number of carbonyl (C=O) groups excluding carboxylic acids is 1. The van der Waals surface area contributed by atoms with Crippen LogP contribution in [0.25, 0.3) is 0 Å². The first-order valence-electron chi connectivity index (χ1n) is 4.79. The molecule has 1 rings (SSSR count). The lowest BCUT2D eigenvalue weighted by atomic mass is 10.1. The van der Waals surface area contributed by atoms with E-state index in [0.717, 1.165) is 25.9 Å². The van der Waals surface area contributed by atoms with Gasteiger partial charge in [-0.2, -0.15) is 0 Å². The first-order chi connectivity index (χ1) is 6.20. The maximum atomic E-state index is 11.4. The molecule has 1 amide bonds. The van der Waals surface area contributed by atoms with Crippen LogP contribution < -0.4 is 5.32 Å². The average Bonchev–Trinajstić information content (AvgIpc) is 2.55. The van der Waals surface area contributed by atoms with Crippen LogP contribution in [-0.2, 0) is 4.79 Å². The Kier molecular flexibility index (Phi) is 3.96. The predicted molar refractivity (Wildman–Crippen MR) is 53.4 cm³/mol. The van der Waals surface area contributed by atoms with Crippen LogP contribution in [-0.4, -0.2) is 38.0 Å². The van der Waals surface area contributed by atoms with Gasteiger partial charge in [-0.05, 0) is 26.9 Å². The Balaban J connectivity index is 2.14. The summed E-state index contributed by atoms with van der Waals surface area (Å²) in [4.78, 5) is 13.5. The number of nitrogens with zero attached hydrogens (tertiary/aromatic N) is 1. The Bertz CT molecular complexity index is 199. The molecule has 3 heteroatoms. The monoisotopic (exact) mass is 182 g/mol. The Labute approximate surface area is 79.8 Å². The summed E-state index contributed by atoms with van der Waals surface area (Å²) in [6.45, 7) is 1.65. The Morgan fingerprint density at radius 1 is 1.62 bits per heavy atom. The van der Waals surface area contributed by atoms with Crippen molar-refractivity contribution in [1.82, 2.24) is 10.2 Å². The molecule has 1 aliphatic rings. The van der Waals surface area contributed by atoms with Crippen molar-refractivity contribution < 1.29 is 4.79 Å². The van der Waals surface area contributed by atoms with Crippen LogP contribution in [0.15, 0.2) is 12.2 Å². The van der Waals surface area contributed by atoms with Crippen LogP contribution in [0.5, 0.6) is 0 Å². The van der Waals surface area contributed by atoms with Crippen LogP contribution in [0.1, 0.15) is 12.8 Å². The number of hydrogen-bond donors (Lipinski definition) is 1. The molecular formula is C10H18N2O. The average molecular weight is 182 g/mol. The van der Waals surface area contributed by atoms with E-state index in [1.165, 1.54) is 0 Å². The molecule has 0 fully saturated rings. The van der Waals surface area contributed by atoms with Gasteiger partial charge in [0.1, 0.15) is 0 Å². The molecule has 0 saturated carbocycles. The summed E-state index contributed by atoms with van der Waals surface area (Å²) in [6, 6.07) is 0. The summed E-state index contributed by atoms with van der Waals surface area (Å²) in [6.07, 6.45) is 6.11. The summed E-state index contributed by atoms with van der Waals surface area (Å²) in [7, 11) is 4.00. The van der Waals surface area contributed by atoms with E-state index in [1.807, 2.05) is 20.2 Å². The zero-order valence-corrected chi connectivity index (χ0v) is 8.42. The van der Waals surface area contributed by atoms with Gasteiger partial charge in [0.05, 0.1) is 5.92 Å². The molecule has 0 bridgehead atoms. The lowest BCUT2D eigenvalue weighted by Crippen LogP contribution is -2.34. The van der Waals surface area contributed by atoms with Crippen LogP contribution in [0.2, 0.25) is 0 Å². The molecule has 0 aromatic carbocycles. The minimum absolute atomic E-state index is 0.127. The van der Waals surface area contributed by atoms with Gasteiger partial charge in [-0.25, -0.2) is 0 Å². The molecule has 1 N–H and O–H groups in total. The summed E-state index contributed by atoms with van der Waals surface area (Å²) >= 11 is 0. The highest BCUT2D eigenvalue weighted by atomic mass is 16.1. The second-order valence-electron chi connectivity index (χ2n) is 3.71. The first kappa shape index (κ1) is 10.3. The number of carbonyl (C=O) groups is 1. The van der Waals surface area contributed by atoms with Gasteiger partial charge < -0.3 is 10.2 Å². The third kappa shape index (κ3) is 3.59. The molecule has 0 aromatic heterocycles. The molecule has 0 heterocycles. The second-order valence-corrected chi connectivity index (χ2v) is 3.71. The highest BCUT2D eigenvalue weighted by molar-refractivity contribution is 5.80.